The SMILES string of the molecule is CC(C)CCC[C@@H](C)C1CCC2C3C/C(=N\O)[C@H]4CCCCC4(C)C3CCC21C. The summed E-state index contributed by atoms with van der Waals surface area (Å²) in [5, 5.41) is 13.8. The maximum Gasteiger partial charge on any atom is 0.0610 e. The average Bonchev–Trinajstić information content (AvgIpc) is 3.04. The molecule has 0 aliphatic heterocycles. The van der Waals surface area contributed by atoms with Gasteiger partial charge in [-0.1, -0.05) is 71.9 Å². The Kier molecular flexibility index (Phi) is 6.13. The van der Waals surface area contributed by atoms with Gasteiger partial charge >= 0.3 is 0 Å². The number of nitrogens with zero attached hydrogens (tertiary/aromatic N) is 1. The molecule has 0 aromatic carbocycles. The van der Waals surface area contributed by atoms with E-state index in [1.807, 2.05) is 0 Å². The van der Waals surface area contributed by atoms with Gasteiger partial charge in [-0.2, -0.15) is 0 Å². The smallest absolute Gasteiger partial charge is 0.0610 e. The van der Waals surface area contributed by atoms with Crippen molar-refractivity contribution in [3.05, 3.63) is 0 Å². The van der Waals surface area contributed by atoms with E-state index in [9.17, 15) is 5.21 Å². The fourth-order valence-corrected chi connectivity index (χ4v) is 9.26. The van der Waals surface area contributed by atoms with Crippen LogP contribution in [0.1, 0.15) is 112 Å². The first-order valence-corrected chi connectivity index (χ1v) is 13.0. The summed E-state index contributed by atoms with van der Waals surface area (Å²) in [7, 11) is 0. The highest BCUT2D eigenvalue weighted by Crippen LogP contribution is 2.68. The normalized spacial score (nSPS) is 47.0. The summed E-state index contributed by atoms with van der Waals surface area (Å²) in [6.45, 7) is 12.5. The summed E-state index contributed by atoms with van der Waals surface area (Å²) in [6, 6.07) is 0. The third-order valence-electron chi connectivity index (χ3n) is 10.7. The lowest BCUT2D eigenvalue weighted by Gasteiger charge is -2.60. The van der Waals surface area contributed by atoms with Gasteiger partial charge in [0.1, 0.15) is 0 Å². The van der Waals surface area contributed by atoms with Gasteiger partial charge in [0.2, 0.25) is 0 Å². The van der Waals surface area contributed by atoms with Gasteiger partial charge in [-0.05, 0) is 91.3 Å². The van der Waals surface area contributed by atoms with Gasteiger partial charge in [0, 0.05) is 5.92 Å². The van der Waals surface area contributed by atoms with Crippen LogP contribution in [0.3, 0.4) is 0 Å². The molecule has 166 valence electrons. The highest BCUT2D eigenvalue weighted by Gasteiger charge is 2.61. The van der Waals surface area contributed by atoms with Crippen LogP contribution >= 0.6 is 0 Å². The maximum absolute atomic E-state index is 9.91. The van der Waals surface area contributed by atoms with E-state index in [2.05, 4.69) is 39.8 Å². The van der Waals surface area contributed by atoms with Crippen molar-refractivity contribution in [3.63, 3.8) is 0 Å². The molecule has 29 heavy (non-hydrogen) atoms. The number of hydrogen-bond acceptors (Lipinski definition) is 2. The van der Waals surface area contributed by atoms with Crippen molar-refractivity contribution < 1.29 is 5.21 Å². The van der Waals surface area contributed by atoms with Crippen molar-refractivity contribution in [2.75, 3.05) is 0 Å². The van der Waals surface area contributed by atoms with E-state index in [4.69, 9.17) is 0 Å². The highest BCUT2D eigenvalue weighted by molar-refractivity contribution is 5.88. The molecule has 8 atom stereocenters. The second-order valence-corrected chi connectivity index (χ2v) is 12.5. The van der Waals surface area contributed by atoms with Crippen molar-refractivity contribution in [1.82, 2.24) is 0 Å². The van der Waals surface area contributed by atoms with Crippen LogP contribution in [0.25, 0.3) is 0 Å². The fraction of sp³-hybridized carbons (Fsp3) is 0.963. The largest absolute Gasteiger partial charge is 0.411 e. The van der Waals surface area contributed by atoms with E-state index in [0.717, 1.165) is 41.9 Å². The molecule has 4 aliphatic rings. The number of rotatable bonds is 5. The lowest BCUT2D eigenvalue weighted by Crippen LogP contribution is -2.56. The summed E-state index contributed by atoms with van der Waals surface area (Å²) < 4.78 is 0. The molecular weight excluding hydrogens is 354 g/mol. The lowest BCUT2D eigenvalue weighted by atomic mass is 9.44. The zero-order valence-electron chi connectivity index (χ0n) is 19.9. The zero-order valence-corrected chi connectivity index (χ0v) is 19.9. The van der Waals surface area contributed by atoms with Gasteiger partial charge < -0.3 is 5.21 Å². The van der Waals surface area contributed by atoms with Gasteiger partial charge in [-0.15, -0.1) is 0 Å². The van der Waals surface area contributed by atoms with Gasteiger partial charge in [-0.25, -0.2) is 0 Å². The average molecular weight is 402 g/mol. The zero-order chi connectivity index (χ0) is 20.8. The van der Waals surface area contributed by atoms with Crippen molar-refractivity contribution in [3.8, 4) is 0 Å². The first-order valence-electron chi connectivity index (χ1n) is 13.0. The number of hydrogen-bond donors (Lipinski definition) is 1. The Morgan fingerprint density at radius 2 is 1.69 bits per heavy atom. The predicted octanol–water partition coefficient (Wildman–Crippen LogP) is 7.94. The Morgan fingerprint density at radius 1 is 0.931 bits per heavy atom. The molecule has 0 aromatic rings. The van der Waals surface area contributed by atoms with E-state index in [-0.39, 0.29) is 0 Å². The highest BCUT2D eigenvalue weighted by atomic mass is 16.4. The molecule has 0 radical (unpaired) electrons. The summed E-state index contributed by atoms with van der Waals surface area (Å²) in [5.74, 6) is 5.67. The van der Waals surface area contributed by atoms with Gasteiger partial charge in [0.05, 0.1) is 5.71 Å². The quantitative estimate of drug-likeness (QED) is 0.368. The van der Waals surface area contributed by atoms with Crippen molar-refractivity contribution >= 4 is 5.71 Å². The van der Waals surface area contributed by atoms with Gasteiger partial charge in [0.25, 0.3) is 0 Å². The minimum absolute atomic E-state index is 0.394. The van der Waals surface area contributed by atoms with Crippen molar-refractivity contribution in [1.29, 1.82) is 0 Å². The molecule has 0 amide bonds. The molecular formula is C27H47NO. The minimum Gasteiger partial charge on any atom is -0.411 e. The molecule has 0 saturated heterocycles. The van der Waals surface area contributed by atoms with Crippen LogP contribution in [0, 0.1) is 52.3 Å². The van der Waals surface area contributed by atoms with Gasteiger partial charge in [-0.3, -0.25) is 0 Å². The lowest BCUT2D eigenvalue weighted by molar-refractivity contribution is -0.0806. The molecule has 0 aromatic heterocycles. The van der Waals surface area contributed by atoms with Crippen LogP contribution in [0.5, 0.6) is 0 Å². The van der Waals surface area contributed by atoms with Crippen LogP contribution in [-0.4, -0.2) is 10.9 Å². The Labute approximate surface area is 180 Å². The van der Waals surface area contributed by atoms with Crippen LogP contribution < -0.4 is 0 Å². The summed E-state index contributed by atoms with van der Waals surface area (Å²) in [5.41, 5.74) is 2.09. The topological polar surface area (TPSA) is 32.6 Å². The standard InChI is InChI=1S/C27H47NO/c1-18(2)9-8-10-19(3)21-12-13-22-20-17-25(28-29)24-11-6-7-15-26(24,4)23(20)14-16-27(21,22)5/h18-24,29H,6-17H2,1-5H3/b28-25+/t19-,20?,21?,22?,23?,24-,26?,27?/m1/s1. The molecule has 1 N–H and O–H groups in total. The molecule has 2 heteroatoms. The van der Waals surface area contributed by atoms with E-state index in [0.29, 0.717) is 16.7 Å². The molecule has 0 spiro atoms. The Balaban J connectivity index is 1.53. The first kappa shape index (κ1) is 21.7. The van der Waals surface area contributed by atoms with Crippen LogP contribution in [0.15, 0.2) is 5.16 Å². The van der Waals surface area contributed by atoms with Crippen molar-refractivity contribution in [2.24, 2.45) is 57.4 Å². The first-order chi connectivity index (χ1) is 13.8. The molecule has 2 nitrogen and oxygen atoms in total. The second kappa shape index (κ2) is 8.19. The van der Waals surface area contributed by atoms with E-state index >= 15 is 0 Å². The Hall–Kier alpha value is -0.530. The van der Waals surface area contributed by atoms with Crippen LogP contribution in [-0.2, 0) is 0 Å². The third kappa shape index (κ3) is 3.59. The van der Waals surface area contributed by atoms with Gasteiger partial charge in [0.15, 0.2) is 0 Å². The molecule has 4 saturated carbocycles. The third-order valence-corrected chi connectivity index (χ3v) is 10.7. The van der Waals surface area contributed by atoms with E-state index < -0.39 is 0 Å². The van der Waals surface area contributed by atoms with E-state index in [1.54, 1.807) is 0 Å². The molecule has 4 rings (SSSR count). The fourth-order valence-electron chi connectivity index (χ4n) is 9.26. The summed E-state index contributed by atoms with van der Waals surface area (Å²) >= 11 is 0. The molecule has 0 bridgehead atoms. The minimum atomic E-state index is 0.394. The van der Waals surface area contributed by atoms with Crippen molar-refractivity contribution in [2.45, 2.75) is 112 Å². The maximum atomic E-state index is 9.91. The van der Waals surface area contributed by atoms with E-state index in [1.165, 1.54) is 76.3 Å². The summed E-state index contributed by atoms with van der Waals surface area (Å²) in [6.07, 6.45) is 16.4. The number of oxime groups is 1. The predicted molar refractivity (Wildman–Crippen MR) is 122 cm³/mol. The Morgan fingerprint density at radius 3 is 2.41 bits per heavy atom. The molecule has 0 heterocycles. The van der Waals surface area contributed by atoms with Crippen LogP contribution in [0.4, 0.5) is 0 Å². The Bertz CT molecular complexity index is 612. The number of fused-ring (bicyclic) bond motifs is 5. The van der Waals surface area contributed by atoms with Crippen LogP contribution in [0.2, 0.25) is 0 Å². The monoisotopic (exact) mass is 401 g/mol. The summed E-state index contributed by atoms with van der Waals surface area (Å²) in [4.78, 5) is 0. The molecule has 6 unspecified atom stereocenters. The molecule has 4 fully saturated rings. The molecule has 4 aliphatic carbocycles. The second-order valence-electron chi connectivity index (χ2n) is 12.5.